The van der Waals surface area contributed by atoms with Gasteiger partial charge in [0, 0.05) is 25.3 Å². The molecule has 130 valence electrons. The molecule has 0 aliphatic carbocycles. The molecule has 0 atom stereocenters. The smallest absolute Gasteiger partial charge is 0.406 e. The van der Waals surface area contributed by atoms with Crippen molar-refractivity contribution in [2.45, 2.75) is 12.5 Å². The SMILES string of the molecule is CN(C)c1cccc(C(F)(F)F)c1-c1cccc(OC(F)(F)F)c1. The van der Waals surface area contributed by atoms with Crippen molar-refractivity contribution in [2.24, 2.45) is 0 Å². The van der Waals surface area contributed by atoms with Crippen LogP contribution in [-0.2, 0) is 6.18 Å². The number of hydrogen-bond donors (Lipinski definition) is 0. The van der Waals surface area contributed by atoms with E-state index >= 15 is 0 Å². The number of benzene rings is 2. The average molecular weight is 349 g/mol. The minimum Gasteiger partial charge on any atom is -0.406 e. The fourth-order valence-corrected chi connectivity index (χ4v) is 2.30. The minimum atomic E-state index is -4.92. The van der Waals surface area contributed by atoms with E-state index in [1.807, 2.05) is 0 Å². The zero-order valence-corrected chi connectivity index (χ0v) is 12.7. The van der Waals surface area contributed by atoms with Crippen molar-refractivity contribution in [1.82, 2.24) is 0 Å². The Morgan fingerprint density at radius 1 is 0.875 bits per heavy atom. The van der Waals surface area contributed by atoms with E-state index in [0.717, 1.165) is 18.2 Å². The van der Waals surface area contributed by atoms with Crippen molar-refractivity contribution in [3.8, 4) is 16.9 Å². The van der Waals surface area contributed by atoms with E-state index < -0.39 is 23.9 Å². The number of anilines is 1. The van der Waals surface area contributed by atoms with Crippen LogP contribution in [0.25, 0.3) is 11.1 Å². The fraction of sp³-hybridized carbons (Fsp3) is 0.250. The van der Waals surface area contributed by atoms with Crippen molar-refractivity contribution in [3.05, 3.63) is 48.0 Å². The molecule has 0 bridgehead atoms. The van der Waals surface area contributed by atoms with Crippen molar-refractivity contribution in [1.29, 1.82) is 0 Å². The summed E-state index contributed by atoms with van der Waals surface area (Å²) in [7, 11) is 3.10. The zero-order valence-electron chi connectivity index (χ0n) is 12.7. The van der Waals surface area contributed by atoms with E-state index in [-0.39, 0.29) is 16.8 Å². The number of halogens is 6. The van der Waals surface area contributed by atoms with Gasteiger partial charge in [0.1, 0.15) is 5.75 Å². The van der Waals surface area contributed by atoms with Gasteiger partial charge in [-0.3, -0.25) is 0 Å². The van der Waals surface area contributed by atoms with Gasteiger partial charge in [-0.25, -0.2) is 0 Å². The minimum absolute atomic E-state index is 0.0200. The Hall–Kier alpha value is -2.38. The summed E-state index contributed by atoms with van der Waals surface area (Å²) in [5, 5.41) is 0. The standard InChI is InChI=1S/C16H13F6NO/c1-23(2)13-8-4-7-12(15(17,18)19)14(13)10-5-3-6-11(9-10)24-16(20,21)22/h3-9H,1-2H3. The van der Waals surface area contributed by atoms with E-state index in [0.29, 0.717) is 0 Å². The van der Waals surface area contributed by atoms with Crippen LogP contribution in [0.3, 0.4) is 0 Å². The molecule has 0 heterocycles. The highest BCUT2D eigenvalue weighted by Gasteiger charge is 2.35. The van der Waals surface area contributed by atoms with Crippen LogP contribution in [0.1, 0.15) is 5.56 Å². The topological polar surface area (TPSA) is 12.5 Å². The van der Waals surface area contributed by atoms with Gasteiger partial charge >= 0.3 is 12.5 Å². The maximum atomic E-state index is 13.3. The van der Waals surface area contributed by atoms with Crippen LogP contribution in [0, 0.1) is 0 Å². The Kier molecular flexibility index (Phi) is 4.68. The lowest BCUT2D eigenvalue weighted by molar-refractivity contribution is -0.274. The van der Waals surface area contributed by atoms with Gasteiger partial charge in [0.25, 0.3) is 0 Å². The van der Waals surface area contributed by atoms with Crippen molar-refractivity contribution < 1.29 is 31.1 Å². The first kappa shape index (κ1) is 18.0. The molecule has 24 heavy (non-hydrogen) atoms. The van der Waals surface area contributed by atoms with E-state index in [2.05, 4.69) is 4.74 Å². The molecule has 0 amide bonds. The van der Waals surface area contributed by atoms with E-state index in [9.17, 15) is 26.3 Å². The molecular formula is C16H13F6NO. The second kappa shape index (κ2) is 6.26. The number of hydrogen-bond acceptors (Lipinski definition) is 2. The van der Waals surface area contributed by atoms with Gasteiger partial charge in [-0.15, -0.1) is 13.2 Å². The average Bonchev–Trinajstić information content (AvgIpc) is 2.44. The predicted octanol–water partition coefficient (Wildman–Crippen LogP) is 5.34. The summed E-state index contributed by atoms with van der Waals surface area (Å²) in [5.74, 6) is -0.582. The molecule has 0 unspecified atom stereocenters. The highest BCUT2D eigenvalue weighted by atomic mass is 19.4. The molecule has 2 aromatic carbocycles. The fourth-order valence-electron chi connectivity index (χ4n) is 2.30. The predicted molar refractivity (Wildman–Crippen MR) is 77.9 cm³/mol. The first-order chi connectivity index (χ1) is 11.0. The molecule has 0 radical (unpaired) electrons. The lowest BCUT2D eigenvalue weighted by atomic mass is 9.96. The molecule has 0 N–H and O–H groups in total. The molecule has 0 spiro atoms. The Morgan fingerprint density at radius 2 is 1.50 bits per heavy atom. The largest absolute Gasteiger partial charge is 0.573 e. The summed E-state index contributed by atoms with van der Waals surface area (Å²) >= 11 is 0. The van der Waals surface area contributed by atoms with Crippen molar-refractivity contribution in [2.75, 3.05) is 19.0 Å². The van der Waals surface area contributed by atoms with Crippen LogP contribution >= 0.6 is 0 Å². The molecule has 0 saturated carbocycles. The zero-order chi connectivity index (χ0) is 18.1. The van der Waals surface area contributed by atoms with Crippen LogP contribution in [0.2, 0.25) is 0 Å². The van der Waals surface area contributed by atoms with Gasteiger partial charge in [0.15, 0.2) is 0 Å². The van der Waals surface area contributed by atoms with Gasteiger partial charge in [0.05, 0.1) is 5.56 Å². The van der Waals surface area contributed by atoms with Crippen molar-refractivity contribution >= 4 is 5.69 Å². The highest BCUT2D eigenvalue weighted by molar-refractivity contribution is 5.82. The molecule has 2 rings (SSSR count). The monoisotopic (exact) mass is 349 g/mol. The van der Waals surface area contributed by atoms with Crippen LogP contribution in [0.15, 0.2) is 42.5 Å². The molecule has 2 aromatic rings. The summed E-state index contributed by atoms with van der Waals surface area (Å²) in [5.41, 5.74) is -0.928. The van der Waals surface area contributed by atoms with Crippen molar-refractivity contribution in [3.63, 3.8) is 0 Å². The summed E-state index contributed by atoms with van der Waals surface area (Å²) in [6.07, 6.45) is -9.57. The van der Waals surface area contributed by atoms with Crippen LogP contribution < -0.4 is 9.64 Å². The Labute approximate surface area is 134 Å². The first-order valence-corrected chi connectivity index (χ1v) is 6.73. The normalized spacial score (nSPS) is 12.2. The van der Waals surface area contributed by atoms with Gasteiger partial charge in [-0.1, -0.05) is 18.2 Å². The summed E-state index contributed by atoms with van der Waals surface area (Å²) in [6.45, 7) is 0. The summed E-state index contributed by atoms with van der Waals surface area (Å²) < 4.78 is 80.8. The Bertz CT molecular complexity index is 721. The van der Waals surface area contributed by atoms with Gasteiger partial charge < -0.3 is 9.64 Å². The molecule has 0 saturated heterocycles. The molecule has 0 aliphatic rings. The Balaban J connectivity index is 2.65. The van der Waals surface area contributed by atoms with Gasteiger partial charge in [-0.2, -0.15) is 13.2 Å². The third-order valence-electron chi connectivity index (χ3n) is 3.19. The summed E-state index contributed by atoms with van der Waals surface area (Å²) in [4.78, 5) is 1.46. The lowest BCUT2D eigenvalue weighted by Crippen LogP contribution is -2.17. The van der Waals surface area contributed by atoms with E-state index in [1.54, 1.807) is 14.1 Å². The quantitative estimate of drug-likeness (QED) is 0.694. The maximum Gasteiger partial charge on any atom is 0.573 e. The van der Waals surface area contributed by atoms with Crippen LogP contribution in [-0.4, -0.2) is 20.5 Å². The molecule has 0 aromatic heterocycles. The number of nitrogens with zero attached hydrogens (tertiary/aromatic N) is 1. The van der Waals surface area contributed by atoms with Crippen LogP contribution in [0.4, 0.5) is 32.0 Å². The second-order valence-corrected chi connectivity index (χ2v) is 5.17. The molecular weight excluding hydrogens is 336 g/mol. The Morgan fingerprint density at radius 3 is 2.04 bits per heavy atom. The number of rotatable bonds is 3. The third-order valence-corrected chi connectivity index (χ3v) is 3.19. The van der Waals surface area contributed by atoms with Gasteiger partial charge in [-0.05, 0) is 29.8 Å². The number of ether oxygens (including phenoxy) is 1. The molecule has 0 fully saturated rings. The molecule has 0 aliphatic heterocycles. The molecule has 2 nitrogen and oxygen atoms in total. The van der Waals surface area contributed by atoms with E-state index in [1.165, 1.54) is 29.2 Å². The lowest BCUT2D eigenvalue weighted by Gasteiger charge is -2.22. The molecule has 8 heteroatoms. The van der Waals surface area contributed by atoms with Crippen LogP contribution in [0.5, 0.6) is 5.75 Å². The first-order valence-electron chi connectivity index (χ1n) is 6.73. The summed E-state index contributed by atoms with van der Waals surface area (Å²) in [6, 6.07) is 8.08. The van der Waals surface area contributed by atoms with Gasteiger partial charge in [0.2, 0.25) is 0 Å². The second-order valence-electron chi connectivity index (χ2n) is 5.17. The van der Waals surface area contributed by atoms with E-state index in [4.69, 9.17) is 0 Å². The maximum absolute atomic E-state index is 13.3. The third kappa shape index (κ3) is 4.12. The number of alkyl halides is 6. The highest BCUT2D eigenvalue weighted by Crippen LogP contribution is 2.42.